The molecule has 0 aromatic heterocycles. The molecule has 0 N–H and O–H groups in total. The molecule has 3 aromatic carbocycles. The Morgan fingerprint density at radius 3 is 2.10 bits per heavy atom. The minimum absolute atomic E-state index is 0. The van der Waals surface area contributed by atoms with E-state index in [1.54, 1.807) is 24.3 Å². The van der Waals surface area contributed by atoms with Gasteiger partial charge < -0.3 is 23.3 Å². The fourth-order valence-electron chi connectivity index (χ4n) is 9.14. The van der Waals surface area contributed by atoms with E-state index in [-0.39, 0.29) is 127 Å². The third-order valence-corrected chi connectivity index (χ3v) is 14.9. The van der Waals surface area contributed by atoms with Crippen LogP contribution in [0.3, 0.4) is 0 Å². The molecule has 12 nitrogen and oxygen atoms in total. The maximum Gasteiger partial charge on any atom is 1.00 e. The molecule has 3 aromatic rings. The Kier molecular flexibility index (Phi) is 22.4. The van der Waals surface area contributed by atoms with E-state index >= 15 is 13.2 Å². The van der Waals surface area contributed by atoms with Gasteiger partial charge in [0, 0.05) is 58.8 Å². The zero-order valence-electron chi connectivity index (χ0n) is 40.6. The molecule has 0 amide bonds. The first-order valence-electron chi connectivity index (χ1n) is 21.9. The Labute approximate surface area is 471 Å². The molecule has 0 unspecified atom stereocenters. The summed E-state index contributed by atoms with van der Waals surface area (Å²) in [6, 6.07) is 13.2. The Morgan fingerprint density at radius 1 is 0.797 bits per heavy atom. The smallest absolute Gasteiger partial charge is 0.748 e. The molecule has 1 aliphatic carbocycles. The van der Waals surface area contributed by atoms with Crippen molar-refractivity contribution < 1.29 is 150 Å². The van der Waals surface area contributed by atoms with Crippen molar-refractivity contribution in [3.63, 3.8) is 0 Å². The quantitative estimate of drug-likeness (QED) is 0.0511. The molecule has 358 valence electrons. The molecular formula is C48H54F3N2Na3O10S3. The van der Waals surface area contributed by atoms with Crippen LogP contribution in [0.15, 0.2) is 88.5 Å². The molecule has 0 saturated carbocycles. The van der Waals surface area contributed by atoms with Crippen LogP contribution in [0.2, 0.25) is 0 Å². The van der Waals surface area contributed by atoms with Crippen LogP contribution >= 0.6 is 0 Å². The summed E-state index contributed by atoms with van der Waals surface area (Å²) in [7, 11) is -13.8. The Morgan fingerprint density at radius 2 is 1.46 bits per heavy atom. The van der Waals surface area contributed by atoms with Crippen LogP contribution in [0.25, 0.3) is 5.57 Å². The minimum Gasteiger partial charge on any atom is -0.748 e. The van der Waals surface area contributed by atoms with Gasteiger partial charge in [0.15, 0.2) is 23.1 Å². The predicted octanol–water partition coefficient (Wildman–Crippen LogP) is -0.172. The molecule has 0 fully saturated rings. The van der Waals surface area contributed by atoms with Crippen LogP contribution in [0.1, 0.15) is 109 Å². The summed E-state index contributed by atoms with van der Waals surface area (Å²) < 4.78 is 161. The van der Waals surface area contributed by atoms with E-state index in [0.29, 0.717) is 79.2 Å². The van der Waals surface area contributed by atoms with Gasteiger partial charge in [-0.25, -0.2) is 43.0 Å². The van der Waals surface area contributed by atoms with Gasteiger partial charge in [-0.15, -0.1) is 6.07 Å². The third kappa shape index (κ3) is 14.6. The van der Waals surface area contributed by atoms with E-state index in [2.05, 4.69) is 6.07 Å². The largest absolute Gasteiger partial charge is 1.00 e. The standard InChI is InChI=1S/C48H57F3N2O10S3.3Na/c1-6-7-27-63-46-38(50)31-37(49)44(45(46)51)43-32(19-23-41-47(2,3)35-17-8-9-18-39(35)52(41)25-10-12-28-64(54,55)56)15-14-16-33(43)20-24-42-48(4,5)36-30-34(66(60,61)62)21-22-40(36)53(42)26-11-13-29-65(57,58)59;;;/h9,17-24,30-31H,6-7,10-16,25-29H2,1-5H3,(H,54,55,56)(H,57,58,59)(H,60,61,62);;;/q;3*+1/p-3. The van der Waals surface area contributed by atoms with Crippen molar-refractivity contribution in [3.8, 4) is 5.75 Å². The first-order chi connectivity index (χ1) is 30.9. The van der Waals surface area contributed by atoms with Gasteiger partial charge in [0.1, 0.15) is 28.2 Å². The molecular weight excluding hydrogens is 987 g/mol. The van der Waals surface area contributed by atoms with Gasteiger partial charge in [-0.1, -0.05) is 58.8 Å². The van der Waals surface area contributed by atoms with Crippen molar-refractivity contribution in [2.45, 2.75) is 108 Å². The zero-order chi connectivity index (χ0) is 48.4. The maximum atomic E-state index is 16.9. The van der Waals surface area contributed by atoms with Crippen molar-refractivity contribution in [3.05, 3.63) is 124 Å². The SMILES string of the molecule is CCCCOc1c(F)cc(F)c(C2=C(/C=C/C3=[N+](CCCCS(=O)(=O)[O-])c4cc[c-]cc4C3(C)C)CCC/C2=C\C=C2\N(CCCCS(=O)(=O)[O-])c3ccc(S(=O)(=O)[O-])cc3C2(C)C)c1F.[Na+].[Na+].[Na+]. The number of unbranched alkanes of at least 4 members (excludes halogenated alkanes) is 3. The van der Waals surface area contributed by atoms with Crippen LogP contribution in [0.5, 0.6) is 5.75 Å². The number of halogens is 3. The summed E-state index contributed by atoms with van der Waals surface area (Å²) in [6.07, 6.45) is 10.3. The normalized spacial score (nSPS) is 17.8. The number of hydrogen-bond acceptors (Lipinski definition) is 11. The number of nitrogens with zero attached hydrogens (tertiary/aromatic N) is 2. The summed E-state index contributed by atoms with van der Waals surface area (Å²) in [4.78, 5) is 1.39. The number of fused-ring (bicyclic) bond motifs is 2. The van der Waals surface area contributed by atoms with Crippen LogP contribution in [0, 0.1) is 23.5 Å². The number of hydrogen-bond donors (Lipinski definition) is 0. The molecule has 2 heterocycles. The third-order valence-electron chi connectivity index (χ3n) is 12.5. The molecule has 2 aliphatic heterocycles. The van der Waals surface area contributed by atoms with E-state index in [0.717, 1.165) is 17.0 Å². The number of allylic oxidation sites excluding steroid dienone is 8. The number of anilines is 1. The van der Waals surface area contributed by atoms with Crippen LogP contribution in [0.4, 0.5) is 24.5 Å². The predicted molar refractivity (Wildman–Crippen MR) is 243 cm³/mol. The first-order valence-corrected chi connectivity index (χ1v) is 26.5. The van der Waals surface area contributed by atoms with Gasteiger partial charge in [-0.2, -0.15) is 18.2 Å². The van der Waals surface area contributed by atoms with Gasteiger partial charge in [0.2, 0.25) is 0 Å². The molecule has 6 rings (SSSR count). The summed E-state index contributed by atoms with van der Waals surface area (Å²) in [5.74, 6) is -5.40. The molecule has 0 bridgehead atoms. The van der Waals surface area contributed by atoms with E-state index in [1.165, 1.54) is 18.2 Å². The molecule has 0 spiro atoms. The van der Waals surface area contributed by atoms with E-state index in [1.807, 2.05) is 62.3 Å². The molecule has 0 atom stereocenters. The van der Waals surface area contributed by atoms with Crippen LogP contribution < -0.4 is 98.3 Å². The number of ether oxygens (including phenoxy) is 1. The van der Waals surface area contributed by atoms with E-state index in [4.69, 9.17) is 4.74 Å². The Balaban J connectivity index is 0.00000420. The second kappa shape index (κ2) is 25.1. The van der Waals surface area contributed by atoms with Crippen molar-refractivity contribution in [1.29, 1.82) is 0 Å². The molecule has 0 saturated heterocycles. The van der Waals surface area contributed by atoms with Crippen molar-refractivity contribution >= 4 is 53.0 Å². The van der Waals surface area contributed by atoms with Crippen molar-refractivity contribution in [2.75, 3.05) is 36.1 Å². The molecule has 3 aliphatic rings. The van der Waals surface area contributed by atoms with Crippen LogP contribution in [-0.4, -0.2) is 80.4 Å². The summed E-state index contributed by atoms with van der Waals surface area (Å²) >= 11 is 0. The minimum atomic E-state index is -4.85. The molecule has 0 radical (unpaired) electrons. The van der Waals surface area contributed by atoms with Crippen molar-refractivity contribution in [1.82, 2.24) is 0 Å². The van der Waals surface area contributed by atoms with Gasteiger partial charge in [-0.3, -0.25) is 0 Å². The fraction of sp³-hybridized carbons (Fsp3) is 0.438. The summed E-state index contributed by atoms with van der Waals surface area (Å²) in [5, 5.41) is 0. The van der Waals surface area contributed by atoms with Crippen molar-refractivity contribution in [2.24, 2.45) is 0 Å². The van der Waals surface area contributed by atoms with E-state index < -0.39 is 86.4 Å². The zero-order valence-corrected chi connectivity index (χ0v) is 49.0. The Bertz CT molecular complexity index is 2900. The monoisotopic (exact) mass is 1040 g/mol. The van der Waals surface area contributed by atoms with Gasteiger partial charge >= 0.3 is 88.7 Å². The van der Waals surface area contributed by atoms with Gasteiger partial charge in [0.25, 0.3) is 0 Å². The average molecular weight is 1040 g/mol. The first kappa shape index (κ1) is 61.7. The van der Waals surface area contributed by atoms with Gasteiger partial charge in [0.05, 0.1) is 37.3 Å². The summed E-state index contributed by atoms with van der Waals surface area (Å²) in [5.41, 5.74) is 3.30. The average Bonchev–Trinajstić information content (AvgIpc) is 3.57. The Hall–Kier alpha value is -1.59. The second-order valence-corrected chi connectivity index (χ2v) is 22.3. The summed E-state index contributed by atoms with van der Waals surface area (Å²) in [6.45, 7) is 10.1. The maximum absolute atomic E-state index is 16.9. The molecule has 69 heavy (non-hydrogen) atoms. The topological polar surface area (TPSA) is 187 Å². The van der Waals surface area contributed by atoms with Gasteiger partial charge in [-0.05, 0) is 91.5 Å². The number of benzene rings is 3. The molecule has 21 heteroatoms. The second-order valence-electron chi connectivity index (χ2n) is 17.8. The fourth-order valence-corrected chi connectivity index (χ4v) is 10.8. The van der Waals surface area contributed by atoms with Crippen LogP contribution in [-0.2, 0) is 41.2 Å². The number of rotatable bonds is 19. The van der Waals surface area contributed by atoms with E-state index in [9.17, 15) is 38.9 Å².